The number of rotatable bonds is 2. The molecule has 1 N–H and O–H groups in total. The summed E-state index contributed by atoms with van der Waals surface area (Å²) in [5.74, 6) is -0.975. The molecule has 0 radical (unpaired) electrons. The van der Waals surface area contributed by atoms with E-state index in [1.807, 2.05) is 13.0 Å². The number of nitrogens with zero attached hydrogens (tertiary/aromatic N) is 2. The maximum atomic E-state index is 11.4. The molecule has 0 unspecified atom stereocenters. The number of fused-ring (bicyclic) bond motifs is 1. The summed E-state index contributed by atoms with van der Waals surface area (Å²) in [5, 5.41) is 9.93. The van der Waals surface area contributed by atoms with Gasteiger partial charge in [-0.3, -0.25) is 4.57 Å². The van der Waals surface area contributed by atoms with E-state index >= 15 is 0 Å². The van der Waals surface area contributed by atoms with Crippen LogP contribution in [0.15, 0.2) is 42.7 Å². The average molecular weight is 287 g/mol. The molecule has 1 heterocycles. The number of hydrogen-bond acceptors (Lipinski definition) is 2. The number of aromatic carboxylic acids is 1. The summed E-state index contributed by atoms with van der Waals surface area (Å²) < 4.78 is 1.76. The first-order chi connectivity index (χ1) is 9.58. The number of halogens is 1. The van der Waals surface area contributed by atoms with Gasteiger partial charge in [0.05, 0.1) is 22.3 Å². The Bertz CT molecular complexity index is 824. The minimum Gasteiger partial charge on any atom is -0.478 e. The second kappa shape index (κ2) is 4.65. The van der Waals surface area contributed by atoms with Crippen molar-refractivity contribution in [2.75, 3.05) is 0 Å². The van der Waals surface area contributed by atoms with Gasteiger partial charge in [-0.05, 0) is 36.8 Å². The van der Waals surface area contributed by atoms with Crippen LogP contribution in [0.4, 0.5) is 0 Å². The van der Waals surface area contributed by atoms with Gasteiger partial charge in [0, 0.05) is 5.02 Å². The van der Waals surface area contributed by atoms with Crippen LogP contribution in [0, 0.1) is 6.92 Å². The van der Waals surface area contributed by atoms with E-state index in [1.54, 1.807) is 41.2 Å². The zero-order chi connectivity index (χ0) is 14.3. The summed E-state index contributed by atoms with van der Waals surface area (Å²) in [7, 11) is 0. The summed E-state index contributed by atoms with van der Waals surface area (Å²) in [6.45, 7) is 1.95. The third-order valence-corrected chi connectivity index (χ3v) is 3.46. The molecule has 4 nitrogen and oxygen atoms in total. The Morgan fingerprint density at radius 1 is 1.30 bits per heavy atom. The zero-order valence-electron chi connectivity index (χ0n) is 10.7. The highest BCUT2D eigenvalue weighted by Crippen LogP contribution is 2.26. The Hall–Kier alpha value is -2.33. The van der Waals surface area contributed by atoms with Gasteiger partial charge in [0.1, 0.15) is 6.33 Å². The quantitative estimate of drug-likeness (QED) is 0.782. The predicted octanol–water partition coefficient (Wildman–Crippen LogP) is 3.69. The van der Waals surface area contributed by atoms with Crippen molar-refractivity contribution in [1.29, 1.82) is 0 Å². The number of carboxylic acid groups (broad SMARTS) is 1. The molecule has 1 aromatic heterocycles. The Balaban J connectivity index is 2.37. The van der Waals surface area contributed by atoms with Gasteiger partial charge in [-0.2, -0.15) is 0 Å². The van der Waals surface area contributed by atoms with Crippen LogP contribution in [-0.4, -0.2) is 20.6 Å². The highest BCUT2D eigenvalue weighted by Gasteiger charge is 2.15. The van der Waals surface area contributed by atoms with Gasteiger partial charge in [-0.25, -0.2) is 9.78 Å². The zero-order valence-corrected chi connectivity index (χ0v) is 11.4. The van der Waals surface area contributed by atoms with Crippen LogP contribution in [0.5, 0.6) is 0 Å². The van der Waals surface area contributed by atoms with Crippen molar-refractivity contribution in [3.63, 3.8) is 0 Å². The summed E-state index contributed by atoms with van der Waals surface area (Å²) in [6.07, 6.45) is 1.62. The first-order valence-electron chi connectivity index (χ1n) is 6.04. The lowest BCUT2D eigenvalue weighted by atomic mass is 10.1. The minimum absolute atomic E-state index is 0.222. The second-order valence-electron chi connectivity index (χ2n) is 4.52. The van der Waals surface area contributed by atoms with Crippen molar-refractivity contribution in [1.82, 2.24) is 9.55 Å². The summed E-state index contributed by atoms with van der Waals surface area (Å²) in [4.78, 5) is 15.6. The Morgan fingerprint density at radius 3 is 2.85 bits per heavy atom. The van der Waals surface area contributed by atoms with Crippen LogP contribution in [0.3, 0.4) is 0 Å². The van der Waals surface area contributed by atoms with Gasteiger partial charge >= 0.3 is 5.97 Å². The number of imidazole rings is 1. The fourth-order valence-electron chi connectivity index (χ4n) is 2.26. The molecule has 2 aromatic carbocycles. The first kappa shape index (κ1) is 12.7. The highest BCUT2D eigenvalue weighted by atomic mass is 35.5. The lowest BCUT2D eigenvalue weighted by Crippen LogP contribution is -2.02. The van der Waals surface area contributed by atoms with E-state index in [2.05, 4.69) is 4.98 Å². The SMILES string of the molecule is Cc1ccc(Cl)cc1-n1cnc2cccc(C(=O)O)c21. The van der Waals surface area contributed by atoms with Gasteiger partial charge in [0.15, 0.2) is 0 Å². The largest absolute Gasteiger partial charge is 0.478 e. The minimum atomic E-state index is -0.975. The van der Waals surface area contributed by atoms with Gasteiger partial charge < -0.3 is 5.11 Å². The molecule has 0 atom stereocenters. The van der Waals surface area contributed by atoms with E-state index in [0.717, 1.165) is 11.3 Å². The van der Waals surface area contributed by atoms with Gasteiger partial charge in [-0.1, -0.05) is 23.7 Å². The van der Waals surface area contributed by atoms with Crippen molar-refractivity contribution in [2.45, 2.75) is 6.92 Å². The van der Waals surface area contributed by atoms with E-state index in [9.17, 15) is 9.90 Å². The van der Waals surface area contributed by atoms with Gasteiger partial charge in [0.2, 0.25) is 0 Å². The molecule has 0 spiro atoms. The number of hydrogen-bond donors (Lipinski definition) is 1. The molecule has 0 saturated heterocycles. The van der Waals surface area contributed by atoms with E-state index in [1.165, 1.54) is 0 Å². The second-order valence-corrected chi connectivity index (χ2v) is 4.96. The smallest absolute Gasteiger partial charge is 0.337 e. The van der Waals surface area contributed by atoms with Crippen LogP contribution < -0.4 is 0 Å². The molecule has 100 valence electrons. The van der Waals surface area contributed by atoms with Crippen molar-refractivity contribution >= 4 is 28.6 Å². The standard InChI is InChI=1S/C15H11ClN2O2/c1-9-5-6-10(16)7-13(9)18-8-17-12-4-2-3-11(14(12)18)15(19)20/h2-8H,1H3,(H,19,20). The normalized spacial score (nSPS) is 10.9. The Labute approximate surface area is 120 Å². The number of aryl methyl sites for hydroxylation is 1. The molecule has 20 heavy (non-hydrogen) atoms. The van der Waals surface area contributed by atoms with E-state index in [4.69, 9.17) is 11.6 Å². The fraction of sp³-hybridized carbons (Fsp3) is 0.0667. The lowest BCUT2D eigenvalue weighted by Gasteiger charge is -2.10. The van der Waals surface area contributed by atoms with Crippen molar-refractivity contribution in [2.24, 2.45) is 0 Å². The monoisotopic (exact) mass is 286 g/mol. The first-order valence-corrected chi connectivity index (χ1v) is 6.41. The number of aromatic nitrogens is 2. The van der Waals surface area contributed by atoms with E-state index in [-0.39, 0.29) is 5.56 Å². The van der Waals surface area contributed by atoms with E-state index < -0.39 is 5.97 Å². The molecule has 0 aliphatic rings. The maximum Gasteiger partial charge on any atom is 0.337 e. The molecule has 0 fully saturated rings. The van der Waals surface area contributed by atoms with Crippen molar-refractivity contribution in [3.05, 3.63) is 58.9 Å². The predicted molar refractivity (Wildman–Crippen MR) is 77.8 cm³/mol. The molecule has 3 rings (SSSR count). The number of carbonyl (C=O) groups is 1. The van der Waals surface area contributed by atoms with Crippen LogP contribution >= 0.6 is 11.6 Å². The molecule has 0 aliphatic carbocycles. The molecule has 0 aliphatic heterocycles. The van der Waals surface area contributed by atoms with Crippen LogP contribution in [0.25, 0.3) is 16.7 Å². The molecule has 0 saturated carbocycles. The summed E-state index contributed by atoms with van der Waals surface area (Å²) in [6, 6.07) is 10.6. The number of benzene rings is 2. The van der Waals surface area contributed by atoms with Crippen LogP contribution in [0.2, 0.25) is 5.02 Å². The molecule has 5 heteroatoms. The molecule has 0 amide bonds. The highest BCUT2D eigenvalue weighted by molar-refractivity contribution is 6.30. The third kappa shape index (κ3) is 1.94. The molecule has 0 bridgehead atoms. The maximum absolute atomic E-state index is 11.4. The van der Waals surface area contributed by atoms with Crippen LogP contribution in [-0.2, 0) is 0 Å². The topological polar surface area (TPSA) is 55.1 Å². The Morgan fingerprint density at radius 2 is 2.10 bits per heavy atom. The van der Waals surface area contributed by atoms with Crippen molar-refractivity contribution in [3.8, 4) is 5.69 Å². The summed E-state index contributed by atoms with van der Waals surface area (Å²) >= 11 is 6.04. The van der Waals surface area contributed by atoms with Crippen LogP contribution in [0.1, 0.15) is 15.9 Å². The molecule has 3 aromatic rings. The number of para-hydroxylation sites is 1. The Kier molecular flexibility index (Phi) is 2.95. The third-order valence-electron chi connectivity index (χ3n) is 3.23. The van der Waals surface area contributed by atoms with Gasteiger partial charge in [0.25, 0.3) is 0 Å². The fourth-order valence-corrected chi connectivity index (χ4v) is 2.43. The van der Waals surface area contributed by atoms with E-state index in [0.29, 0.717) is 16.1 Å². The molecular formula is C15H11ClN2O2. The number of carboxylic acids is 1. The molecular weight excluding hydrogens is 276 g/mol. The summed E-state index contributed by atoms with van der Waals surface area (Å²) in [5.41, 5.74) is 3.26. The average Bonchev–Trinajstić information content (AvgIpc) is 2.85. The van der Waals surface area contributed by atoms with Crippen molar-refractivity contribution < 1.29 is 9.90 Å². The lowest BCUT2D eigenvalue weighted by molar-refractivity contribution is 0.0698. The van der Waals surface area contributed by atoms with Gasteiger partial charge in [-0.15, -0.1) is 0 Å².